The lowest BCUT2D eigenvalue weighted by atomic mass is 10.2. The zero-order valence-corrected chi connectivity index (χ0v) is 11.4. The lowest BCUT2D eigenvalue weighted by Gasteiger charge is -2.21. The van der Waals surface area contributed by atoms with Crippen LogP contribution < -0.4 is 10.6 Å². The average molecular weight is 248 g/mol. The number of aliphatic hydroxyl groups is 1. The van der Waals surface area contributed by atoms with E-state index >= 15 is 0 Å². The first-order valence-electron chi connectivity index (χ1n) is 5.67. The van der Waals surface area contributed by atoms with E-state index in [0.29, 0.717) is 13.0 Å². The van der Waals surface area contributed by atoms with Crippen LogP contribution in [0.2, 0.25) is 0 Å². The van der Waals surface area contributed by atoms with Crippen molar-refractivity contribution in [3.05, 3.63) is 0 Å². The maximum absolute atomic E-state index is 11.3. The second-order valence-corrected chi connectivity index (χ2v) is 5.25. The molecule has 0 spiro atoms. The molecule has 0 aromatic rings. The lowest BCUT2D eigenvalue weighted by Crippen LogP contribution is -2.40. The Morgan fingerprint density at radius 1 is 1.38 bits per heavy atom. The minimum absolute atomic E-state index is 0.0689. The fourth-order valence-electron chi connectivity index (χ4n) is 1.38. The molecule has 0 aliphatic rings. The number of thioether (sulfide) groups is 1. The van der Waals surface area contributed by atoms with Crippen LogP contribution in [0.25, 0.3) is 0 Å². The van der Waals surface area contributed by atoms with Crippen molar-refractivity contribution in [3.63, 3.8) is 0 Å². The molecule has 3 N–H and O–H groups in total. The van der Waals surface area contributed by atoms with E-state index < -0.39 is 0 Å². The Morgan fingerprint density at radius 2 is 2.00 bits per heavy atom. The zero-order chi connectivity index (χ0) is 12.6. The Bertz CT molecular complexity index is 196. The summed E-state index contributed by atoms with van der Waals surface area (Å²) < 4.78 is 0. The molecule has 0 saturated carbocycles. The molecule has 2 atom stereocenters. The third-order valence-corrected chi connectivity index (χ3v) is 3.47. The standard InChI is InChI=1S/C11H24N2O2S/c1-8(2)13-11(15)5-6-12-9(3)10(7-14)16-4/h8-10,12,14H,5-7H2,1-4H3,(H,13,15). The zero-order valence-electron chi connectivity index (χ0n) is 10.6. The highest BCUT2D eigenvalue weighted by Gasteiger charge is 2.14. The molecule has 0 bridgehead atoms. The Kier molecular flexibility index (Phi) is 8.70. The molecule has 0 aromatic carbocycles. The van der Waals surface area contributed by atoms with Crippen LogP contribution in [0, 0.1) is 0 Å². The quantitative estimate of drug-likeness (QED) is 0.589. The summed E-state index contributed by atoms with van der Waals surface area (Å²) in [6.45, 7) is 6.73. The van der Waals surface area contributed by atoms with Gasteiger partial charge < -0.3 is 15.7 Å². The van der Waals surface area contributed by atoms with Crippen LogP contribution in [0.1, 0.15) is 27.2 Å². The number of nitrogens with one attached hydrogen (secondary N) is 2. The van der Waals surface area contributed by atoms with Crippen molar-refractivity contribution in [2.45, 2.75) is 44.5 Å². The first-order chi connectivity index (χ1) is 7.51. The number of aliphatic hydroxyl groups excluding tert-OH is 1. The topological polar surface area (TPSA) is 61.4 Å². The Hall–Kier alpha value is -0.260. The van der Waals surface area contributed by atoms with Crippen LogP contribution in [0.5, 0.6) is 0 Å². The molecule has 2 unspecified atom stereocenters. The summed E-state index contributed by atoms with van der Waals surface area (Å²) in [6.07, 6.45) is 2.46. The SMILES string of the molecule is CSC(CO)C(C)NCCC(=O)NC(C)C. The molecule has 0 rings (SSSR count). The number of rotatable bonds is 8. The molecule has 1 amide bonds. The number of carbonyl (C=O) groups is 1. The maximum Gasteiger partial charge on any atom is 0.221 e. The van der Waals surface area contributed by atoms with E-state index in [1.807, 2.05) is 27.0 Å². The predicted molar refractivity (Wildman–Crippen MR) is 69.7 cm³/mol. The monoisotopic (exact) mass is 248 g/mol. The highest BCUT2D eigenvalue weighted by atomic mass is 32.2. The first-order valence-corrected chi connectivity index (χ1v) is 6.96. The van der Waals surface area contributed by atoms with E-state index in [4.69, 9.17) is 5.11 Å². The largest absolute Gasteiger partial charge is 0.395 e. The molecule has 16 heavy (non-hydrogen) atoms. The van der Waals surface area contributed by atoms with Crippen molar-refractivity contribution in [1.82, 2.24) is 10.6 Å². The van der Waals surface area contributed by atoms with Crippen LogP contribution in [0.4, 0.5) is 0 Å². The van der Waals surface area contributed by atoms with E-state index in [1.165, 1.54) is 0 Å². The van der Waals surface area contributed by atoms with Gasteiger partial charge in [0.2, 0.25) is 5.91 Å². The second kappa shape index (κ2) is 8.84. The Labute approximate surface area is 103 Å². The number of amides is 1. The van der Waals surface area contributed by atoms with Crippen LogP contribution >= 0.6 is 11.8 Å². The van der Waals surface area contributed by atoms with E-state index in [1.54, 1.807) is 11.8 Å². The summed E-state index contributed by atoms with van der Waals surface area (Å²) in [4.78, 5) is 11.3. The predicted octanol–water partition coefficient (Wildman–Crippen LogP) is 0.603. The second-order valence-electron chi connectivity index (χ2n) is 4.17. The normalized spacial score (nSPS) is 14.9. The summed E-state index contributed by atoms with van der Waals surface area (Å²) in [7, 11) is 0. The molecule has 0 aliphatic carbocycles. The number of hydrogen-bond donors (Lipinski definition) is 3. The van der Waals surface area contributed by atoms with Crippen molar-refractivity contribution in [2.24, 2.45) is 0 Å². The van der Waals surface area contributed by atoms with Crippen molar-refractivity contribution in [3.8, 4) is 0 Å². The van der Waals surface area contributed by atoms with Gasteiger partial charge in [0.05, 0.1) is 6.61 Å². The van der Waals surface area contributed by atoms with Gasteiger partial charge in [-0.3, -0.25) is 4.79 Å². The molecular formula is C11H24N2O2S. The van der Waals surface area contributed by atoms with Crippen molar-refractivity contribution < 1.29 is 9.90 Å². The highest BCUT2D eigenvalue weighted by molar-refractivity contribution is 7.99. The third kappa shape index (κ3) is 7.09. The smallest absolute Gasteiger partial charge is 0.221 e. The third-order valence-electron chi connectivity index (χ3n) is 2.31. The Balaban J connectivity index is 3.68. The molecule has 5 heteroatoms. The van der Waals surface area contributed by atoms with Gasteiger partial charge in [-0.15, -0.1) is 0 Å². The van der Waals surface area contributed by atoms with Crippen molar-refractivity contribution >= 4 is 17.7 Å². The van der Waals surface area contributed by atoms with E-state index in [0.717, 1.165) is 0 Å². The maximum atomic E-state index is 11.3. The molecule has 4 nitrogen and oxygen atoms in total. The summed E-state index contributed by atoms with van der Waals surface area (Å²) in [5.74, 6) is 0.0689. The first kappa shape index (κ1) is 15.7. The van der Waals surface area contributed by atoms with E-state index in [-0.39, 0.29) is 29.8 Å². The van der Waals surface area contributed by atoms with E-state index in [9.17, 15) is 4.79 Å². The van der Waals surface area contributed by atoms with Crippen LogP contribution in [-0.2, 0) is 4.79 Å². The number of hydrogen-bond acceptors (Lipinski definition) is 4. The van der Waals surface area contributed by atoms with Gasteiger partial charge in [0.1, 0.15) is 0 Å². The van der Waals surface area contributed by atoms with Gasteiger partial charge in [-0.25, -0.2) is 0 Å². The van der Waals surface area contributed by atoms with Crippen LogP contribution in [-0.4, -0.2) is 47.8 Å². The molecule has 0 aliphatic heterocycles. The fourth-order valence-corrected chi connectivity index (χ4v) is 2.03. The molecular weight excluding hydrogens is 224 g/mol. The molecule has 0 heterocycles. The minimum atomic E-state index is 0.0689. The van der Waals surface area contributed by atoms with Crippen molar-refractivity contribution in [2.75, 3.05) is 19.4 Å². The van der Waals surface area contributed by atoms with Crippen LogP contribution in [0.15, 0.2) is 0 Å². The van der Waals surface area contributed by atoms with Gasteiger partial charge >= 0.3 is 0 Å². The Morgan fingerprint density at radius 3 is 2.44 bits per heavy atom. The van der Waals surface area contributed by atoms with E-state index in [2.05, 4.69) is 10.6 Å². The van der Waals surface area contributed by atoms with Gasteiger partial charge in [0.25, 0.3) is 0 Å². The average Bonchev–Trinajstić information content (AvgIpc) is 2.18. The van der Waals surface area contributed by atoms with Gasteiger partial charge in [-0.05, 0) is 27.0 Å². The molecule has 0 saturated heterocycles. The van der Waals surface area contributed by atoms with Gasteiger partial charge in [-0.1, -0.05) is 0 Å². The van der Waals surface area contributed by atoms with Gasteiger partial charge in [-0.2, -0.15) is 11.8 Å². The highest BCUT2D eigenvalue weighted by Crippen LogP contribution is 2.09. The molecule has 0 fully saturated rings. The van der Waals surface area contributed by atoms with Gasteiger partial charge in [0, 0.05) is 30.3 Å². The summed E-state index contributed by atoms with van der Waals surface area (Å²) >= 11 is 1.63. The minimum Gasteiger partial charge on any atom is -0.395 e. The number of carbonyl (C=O) groups excluding carboxylic acids is 1. The summed E-state index contributed by atoms with van der Waals surface area (Å²) in [5.41, 5.74) is 0. The summed E-state index contributed by atoms with van der Waals surface area (Å²) in [6, 6.07) is 0.410. The molecule has 96 valence electrons. The van der Waals surface area contributed by atoms with Gasteiger partial charge in [0.15, 0.2) is 0 Å². The van der Waals surface area contributed by atoms with Crippen molar-refractivity contribution in [1.29, 1.82) is 0 Å². The molecule has 0 aromatic heterocycles. The lowest BCUT2D eigenvalue weighted by molar-refractivity contribution is -0.121. The fraction of sp³-hybridized carbons (Fsp3) is 0.909. The summed E-state index contributed by atoms with van der Waals surface area (Å²) in [5, 5.41) is 15.4. The molecule has 0 radical (unpaired) electrons. The van der Waals surface area contributed by atoms with Crippen LogP contribution in [0.3, 0.4) is 0 Å².